The van der Waals surface area contributed by atoms with Crippen molar-refractivity contribution >= 4 is 22.7 Å². The molecule has 4 aromatic rings. The van der Waals surface area contributed by atoms with Gasteiger partial charge in [0, 0.05) is 19.0 Å². The predicted octanol–water partition coefficient (Wildman–Crippen LogP) is 3.29. The fourth-order valence-electron chi connectivity index (χ4n) is 4.07. The average Bonchev–Trinajstić information content (AvgIpc) is 2.88. The van der Waals surface area contributed by atoms with Gasteiger partial charge >= 0.3 is 11.7 Å². The highest BCUT2D eigenvalue weighted by Crippen LogP contribution is 2.19. The monoisotopic (exact) mass is 456 g/mol. The van der Waals surface area contributed by atoms with Crippen LogP contribution in [0.1, 0.15) is 22.3 Å². The van der Waals surface area contributed by atoms with Gasteiger partial charge in [0.25, 0.3) is 5.56 Å². The number of methoxy groups -OCH3 is 1. The Morgan fingerprint density at radius 3 is 2.21 bits per heavy atom. The summed E-state index contributed by atoms with van der Waals surface area (Å²) < 4.78 is 7.48. The first-order valence-electron chi connectivity index (χ1n) is 10.9. The van der Waals surface area contributed by atoms with Crippen LogP contribution in [0.15, 0.2) is 88.5 Å². The number of hydrogen-bond donors (Lipinski definition) is 0. The number of fused-ring (bicyclic) bond motifs is 1. The van der Waals surface area contributed by atoms with Crippen LogP contribution >= 0.6 is 0 Å². The van der Waals surface area contributed by atoms with Crippen LogP contribution in [0.25, 0.3) is 16.6 Å². The zero-order chi connectivity index (χ0) is 24.2. The second-order valence-electron chi connectivity index (χ2n) is 8.08. The molecular weight excluding hydrogens is 432 g/mol. The molecule has 4 rings (SSSR count). The van der Waals surface area contributed by atoms with Crippen molar-refractivity contribution in [3.63, 3.8) is 0 Å². The molecule has 1 atom stereocenters. The Kier molecular flexibility index (Phi) is 6.54. The Balaban J connectivity index is 1.62. The van der Waals surface area contributed by atoms with Crippen molar-refractivity contribution in [2.45, 2.75) is 12.8 Å². The third-order valence-corrected chi connectivity index (χ3v) is 5.92. The Hall–Kier alpha value is -4.26. The van der Waals surface area contributed by atoms with Crippen molar-refractivity contribution in [1.29, 1.82) is 0 Å². The number of benzene rings is 3. The molecule has 1 aromatic heterocycles. The number of aryl methyl sites for hydroxylation is 1. The molecule has 1 unspecified atom stereocenters. The second-order valence-corrected chi connectivity index (χ2v) is 8.08. The van der Waals surface area contributed by atoms with Crippen molar-refractivity contribution in [3.05, 3.63) is 111 Å². The predicted molar refractivity (Wildman–Crippen MR) is 129 cm³/mol. The van der Waals surface area contributed by atoms with E-state index in [0.29, 0.717) is 22.2 Å². The third-order valence-electron chi connectivity index (χ3n) is 5.92. The third kappa shape index (κ3) is 4.45. The quantitative estimate of drug-likeness (QED) is 0.315. The Bertz CT molecular complexity index is 1470. The highest BCUT2D eigenvalue weighted by Gasteiger charge is 2.24. The Morgan fingerprint density at radius 2 is 1.53 bits per heavy atom. The lowest BCUT2D eigenvalue weighted by atomic mass is 9.92. The molecule has 0 aliphatic heterocycles. The molecule has 7 nitrogen and oxygen atoms in total. The molecule has 0 bridgehead atoms. The van der Waals surface area contributed by atoms with E-state index in [1.54, 1.807) is 79.8 Å². The molecule has 7 heteroatoms. The van der Waals surface area contributed by atoms with Crippen LogP contribution in [0.4, 0.5) is 0 Å². The van der Waals surface area contributed by atoms with Gasteiger partial charge in [-0.05, 0) is 36.2 Å². The molecule has 1 heterocycles. The first-order valence-corrected chi connectivity index (χ1v) is 10.9. The molecule has 0 aliphatic carbocycles. The summed E-state index contributed by atoms with van der Waals surface area (Å²) in [7, 11) is 2.92. The van der Waals surface area contributed by atoms with Crippen LogP contribution in [-0.2, 0) is 23.0 Å². The Morgan fingerprint density at radius 1 is 0.882 bits per heavy atom. The molecule has 0 aliphatic rings. The van der Waals surface area contributed by atoms with Gasteiger partial charge in [0.1, 0.15) is 0 Å². The summed E-state index contributed by atoms with van der Waals surface area (Å²) in [5.74, 6) is -1.26. The van der Waals surface area contributed by atoms with Gasteiger partial charge in [-0.3, -0.25) is 19.0 Å². The maximum atomic E-state index is 13.0. The van der Waals surface area contributed by atoms with Gasteiger partial charge in [-0.25, -0.2) is 9.36 Å². The lowest BCUT2D eigenvalue weighted by molar-refractivity contribution is -0.145. The maximum Gasteiger partial charge on any atom is 0.335 e. The van der Waals surface area contributed by atoms with E-state index in [9.17, 15) is 19.2 Å². The van der Waals surface area contributed by atoms with Crippen LogP contribution < -0.4 is 11.2 Å². The minimum atomic E-state index is -0.653. The largest absolute Gasteiger partial charge is 0.469 e. The number of esters is 1. The smallest absolute Gasteiger partial charge is 0.335 e. The lowest BCUT2D eigenvalue weighted by Gasteiger charge is -2.15. The van der Waals surface area contributed by atoms with Crippen molar-refractivity contribution in [2.24, 2.45) is 13.0 Å². The van der Waals surface area contributed by atoms with E-state index in [0.717, 1.165) is 10.1 Å². The molecule has 0 saturated heterocycles. The topological polar surface area (TPSA) is 87.4 Å². The van der Waals surface area contributed by atoms with Crippen molar-refractivity contribution in [1.82, 2.24) is 9.13 Å². The molecule has 0 N–H and O–H groups in total. The minimum absolute atomic E-state index is 0.0170. The van der Waals surface area contributed by atoms with E-state index in [1.165, 1.54) is 11.7 Å². The molecule has 34 heavy (non-hydrogen) atoms. The van der Waals surface area contributed by atoms with Gasteiger partial charge in [0.2, 0.25) is 0 Å². The number of Topliss-reactive ketones (excluding diaryl/α,β-unsaturated/α-hetero) is 1. The number of para-hydroxylation sites is 1. The number of ketones is 1. The van der Waals surface area contributed by atoms with E-state index in [1.807, 2.05) is 6.07 Å². The van der Waals surface area contributed by atoms with Gasteiger partial charge in [0.05, 0.1) is 29.6 Å². The lowest BCUT2D eigenvalue weighted by Crippen LogP contribution is -2.37. The summed E-state index contributed by atoms with van der Waals surface area (Å²) in [5, 5.41) is 0.443. The summed E-state index contributed by atoms with van der Waals surface area (Å²) >= 11 is 0. The molecule has 0 radical (unpaired) electrons. The fraction of sp³-hybridized carbons (Fsp3) is 0.185. The highest BCUT2D eigenvalue weighted by molar-refractivity contribution is 5.98. The van der Waals surface area contributed by atoms with Crippen LogP contribution in [0.5, 0.6) is 0 Å². The van der Waals surface area contributed by atoms with Gasteiger partial charge in [-0.15, -0.1) is 0 Å². The SMILES string of the molecule is COC(=O)C(CC(=O)c1ccccc1)Cc1ccc(-n2c(=O)c3ccccc3n(C)c2=O)cc1. The van der Waals surface area contributed by atoms with Crippen LogP contribution in [0, 0.1) is 5.92 Å². The molecule has 172 valence electrons. The zero-order valence-corrected chi connectivity index (χ0v) is 18.9. The van der Waals surface area contributed by atoms with E-state index >= 15 is 0 Å². The molecule has 0 amide bonds. The van der Waals surface area contributed by atoms with E-state index < -0.39 is 23.1 Å². The molecular formula is C27H24N2O5. The minimum Gasteiger partial charge on any atom is -0.469 e. The first-order chi connectivity index (χ1) is 16.4. The summed E-state index contributed by atoms with van der Waals surface area (Å²) in [6, 6.07) is 22.6. The number of carbonyl (C=O) groups is 2. The molecule has 3 aromatic carbocycles. The first kappa shape index (κ1) is 22.9. The number of hydrogen-bond acceptors (Lipinski definition) is 5. The summed E-state index contributed by atoms with van der Waals surface area (Å²) in [6.07, 6.45) is 0.305. The van der Waals surface area contributed by atoms with Gasteiger partial charge in [-0.1, -0.05) is 54.6 Å². The number of carbonyl (C=O) groups excluding carboxylic acids is 2. The summed E-state index contributed by atoms with van der Waals surface area (Å²) in [6.45, 7) is 0. The fourth-order valence-corrected chi connectivity index (χ4v) is 4.07. The van der Waals surface area contributed by atoms with E-state index in [4.69, 9.17) is 4.74 Å². The zero-order valence-electron chi connectivity index (χ0n) is 18.9. The number of nitrogens with zero attached hydrogens (tertiary/aromatic N) is 2. The average molecular weight is 456 g/mol. The Labute approximate surface area is 195 Å². The second kappa shape index (κ2) is 9.70. The molecule has 0 fully saturated rings. The van der Waals surface area contributed by atoms with Crippen LogP contribution in [0.2, 0.25) is 0 Å². The summed E-state index contributed by atoms with van der Waals surface area (Å²) in [5.41, 5.74) is 1.47. The van der Waals surface area contributed by atoms with Crippen LogP contribution in [0.3, 0.4) is 0 Å². The van der Waals surface area contributed by atoms with Gasteiger partial charge < -0.3 is 4.74 Å². The number of aromatic nitrogens is 2. The van der Waals surface area contributed by atoms with E-state index in [-0.39, 0.29) is 18.6 Å². The van der Waals surface area contributed by atoms with Crippen molar-refractivity contribution in [2.75, 3.05) is 7.11 Å². The summed E-state index contributed by atoms with van der Waals surface area (Å²) in [4.78, 5) is 50.9. The van der Waals surface area contributed by atoms with Gasteiger partial charge in [-0.2, -0.15) is 0 Å². The van der Waals surface area contributed by atoms with Crippen molar-refractivity contribution < 1.29 is 14.3 Å². The number of rotatable bonds is 7. The van der Waals surface area contributed by atoms with E-state index in [2.05, 4.69) is 0 Å². The van der Waals surface area contributed by atoms with Crippen LogP contribution in [-0.4, -0.2) is 28.0 Å². The normalized spacial score (nSPS) is 11.8. The van der Waals surface area contributed by atoms with Crippen molar-refractivity contribution in [3.8, 4) is 5.69 Å². The highest BCUT2D eigenvalue weighted by atomic mass is 16.5. The standard InChI is InChI=1S/C27H24N2O5/c1-28-23-11-7-6-10-22(23)25(31)29(27(28)33)21-14-12-18(13-15-21)16-20(26(32)34-2)17-24(30)19-8-4-3-5-9-19/h3-15,20H,16-17H2,1-2H3. The maximum absolute atomic E-state index is 13.0. The molecule has 0 spiro atoms. The van der Waals surface area contributed by atoms with Gasteiger partial charge in [0.15, 0.2) is 5.78 Å². The number of ether oxygens (including phenoxy) is 1. The molecule has 0 saturated carbocycles.